The molecule has 0 aromatic heterocycles. The van der Waals surface area contributed by atoms with Crippen LogP contribution in [-0.4, -0.2) is 52.5 Å². The van der Waals surface area contributed by atoms with Crippen LogP contribution < -0.4 is 4.74 Å². The minimum absolute atomic E-state index is 0.230. The predicted octanol–water partition coefficient (Wildman–Crippen LogP) is 1.57. The Morgan fingerprint density at radius 3 is 2.37 bits per heavy atom. The molecule has 0 saturated carbocycles. The van der Waals surface area contributed by atoms with E-state index >= 15 is 0 Å². The average molecular weight is 308 g/mol. The third-order valence-electron chi connectivity index (χ3n) is 2.54. The van der Waals surface area contributed by atoms with Crippen LogP contribution in [0.3, 0.4) is 0 Å². The van der Waals surface area contributed by atoms with Gasteiger partial charge < -0.3 is 9.47 Å². The van der Waals surface area contributed by atoms with Gasteiger partial charge in [-0.05, 0) is 24.3 Å². The van der Waals surface area contributed by atoms with Gasteiger partial charge in [-0.15, -0.1) is 11.6 Å². The first-order chi connectivity index (χ1) is 9.02. The number of halogens is 1. The second-order valence-corrected chi connectivity index (χ2v) is 6.23. The van der Waals surface area contributed by atoms with E-state index in [2.05, 4.69) is 0 Å². The molecule has 0 heterocycles. The summed E-state index contributed by atoms with van der Waals surface area (Å²) in [6, 6.07) is 6.27. The molecule has 1 aromatic rings. The molecule has 5 nitrogen and oxygen atoms in total. The van der Waals surface area contributed by atoms with Gasteiger partial charge in [-0.1, -0.05) is 0 Å². The van der Waals surface area contributed by atoms with Crippen molar-refractivity contribution in [2.75, 3.05) is 39.8 Å². The summed E-state index contributed by atoms with van der Waals surface area (Å²) in [5.74, 6) is 1.02. The van der Waals surface area contributed by atoms with Crippen molar-refractivity contribution in [2.24, 2.45) is 0 Å². The minimum atomic E-state index is -3.49. The first-order valence-corrected chi connectivity index (χ1v) is 7.74. The molecular weight excluding hydrogens is 290 g/mol. The van der Waals surface area contributed by atoms with Crippen molar-refractivity contribution in [1.29, 1.82) is 0 Å². The molecule has 0 aliphatic heterocycles. The molecule has 0 bridgehead atoms. The summed E-state index contributed by atoms with van der Waals surface area (Å²) >= 11 is 5.46. The lowest BCUT2D eigenvalue weighted by Crippen LogP contribution is -2.30. The monoisotopic (exact) mass is 307 g/mol. The number of hydrogen-bond donors (Lipinski definition) is 0. The van der Waals surface area contributed by atoms with Crippen molar-refractivity contribution in [3.8, 4) is 5.75 Å². The van der Waals surface area contributed by atoms with E-state index < -0.39 is 10.0 Å². The summed E-state index contributed by atoms with van der Waals surface area (Å²) in [4.78, 5) is 0.230. The van der Waals surface area contributed by atoms with Crippen LogP contribution in [0.5, 0.6) is 5.75 Å². The van der Waals surface area contributed by atoms with E-state index in [4.69, 9.17) is 21.1 Å². The lowest BCUT2D eigenvalue weighted by Gasteiger charge is -2.17. The highest BCUT2D eigenvalue weighted by molar-refractivity contribution is 7.89. The molecule has 108 valence electrons. The van der Waals surface area contributed by atoms with Gasteiger partial charge in [0, 0.05) is 19.5 Å². The molecule has 1 aromatic carbocycles. The average Bonchev–Trinajstić information content (AvgIpc) is 2.43. The maximum atomic E-state index is 12.2. The zero-order valence-corrected chi connectivity index (χ0v) is 12.6. The Labute approximate surface area is 119 Å². The maximum Gasteiger partial charge on any atom is 0.242 e. The van der Waals surface area contributed by atoms with Crippen LogP contribution >= 0.6 is 11.6 Å². The number of sulfonamides is 1. The van der Waals surface area contributed by atoms with Crippen LogP contribution in [0.2, 0.25) is 0 Å². The molecule has 7 heteroatoms. The highest BCUT2D eigenvalue weighted by Crippen LogP contribution is 2.18. The molecule has 0 radical (unpaired) electrons. The van der Waals surface area contributed by atoms with Gasteiger partial charge in [-0.25, -0.2) is 8.42 Å². The fourth-order valence-electron chi connectivity index (χ4n) is 1.40. The smallest absolute Gasteiger partial charge is 0.242 e. The Kier molecular flexibility index (Phi) is 6.57. The predicted molar refractivity (Wildman–Crippen MR) is 74.3 cm³/mol. The standard InChI is InChI=1S/C12H18ClNO4S/c1-14(8-10-18-9-7-13)19(15,16)12-5-3-11(17-2)4-6-12/h3-6H,7-10H2,1-2H3. The summed E-state index contributed by atoms with van der Waals surface area (Å²) in [6.07, 6.45) is 0. The number of rotatable bonds is 8. The zero-order valence-electron chi connectivity index (χ0n) is 11.0. The summed E-state index contributed by atoms with van der Waals surface area (Å²) < 4.78 is 35.8. The van der Waals surface area contributed by atoms with Crippen molar-refractivity contribution in [1.82, 2.24) is 4.31 Å². The molecule has 0 spiro atoms. The van der Waals surface area contributed by atoms with Crippen LogP contribution in [-0.2, 0) is 14.8 Å². The van der Waals surface area contributed by atoms with Gasteiger partial charge in [0.15, 0.2) is 0 Å². The normalized spacial score (nSPS) is 11.8. The van der Waals surface area contributed by atoms with E-state index in [0.29, 0.717) is 24.8 Å². The van der Waals surface area contributed by atoms with Crippen molar-refractivity contribution in [3.63, 3.8) is 0 Å². The minimum Gasteiger partial charge on any atom is -0.497 e. The van der Waals surface area contributed by atoms with Crippen molar-refractivity contribution in [3.05, 3.63) is 24.3 Å². The van der Waals surface area contributed by atoms with E-state index in [1.54, 1.807) is 12.1 Å². The summed E-state index contributed by atoms with van der Waals surface area (Å²) in [6.45, 7) is 1.02. The molecule has 1 rings (SSSR count). The van der Waals surface area contributed by atoms with Gasteiger partial charge in [0.25, 0.3) is 0 Å². The second-order valence-electron chi connectivity index (χ2n) is 3.80. The van der Waals surface area contributed by atoms with Crippen LogP contribution in [0.25, 0.3) is 0 Å². The number of ether oxygens (including phenoxy) is 2. The summed E-state index contributed by atoms with van der Waals surface area (Å²) in [5, 5.41) is 0. The van der Waals surface area contributed by atoms with Crippen LogP contribution in [0, 0.1) is 0 Å². The van der Waals surface area contributed by atoms with E-state index in [0.717, 1.165) is 0 Å². The quantitative estimate of drug-likeness (QED) is 0.540. The van der Waals surface area contributed by atoms with E-state index in [1.807, 2.05) is 0 Å². The number of methoxy groups -OCH3 is 1. The number of nitrogens with zero attached hydrogens (tertiary/aromatic N) is 1. The van der Waals surface area contributed by atoms with E-state index in [9.17, 15) is 8.42 Å². The summed E-state index contributed by atoms with van der Waals surface area (Å²) in [5.41, 5.74) is 0. The number of alkyl halides is 1. The Balaban J connectivity index is 2.67. The van der Waals surface area contributed by atoms with Crippen molar-refractivity contribution in [2.45, 2.75) is 4.90 Å². The maximum absolute atomic E-state index is 12.2. The molecule has 0 fully saturated rings. The van der Waals surface area contributed by atoms with Crippen LogP contribution in [0.1, 0.15) is 0 Å². The highest BCUT2D eigenvalue weighted by atomic mass is 35.5. The third kappa shape index (κ3) is 4.65. The first kappa shape index (κ1) is 16.2. The van der Waals surface area contributed by atoms with E-state index in [1.165, 1.54) is 30.6 Å². The second kappa shape index (κ2) is 7.69. The fourth-order valence-corrected chi connectivity index (χ4v) is 2.66. The van der Waals surface area contributed by atoms with Crippen molar-refractivity contribution >= 4 is 21.6 Å². The molecule has 19 heavy (non-hydrogen) atoms. The number of likely N-dealkylation sites (N-methyl/N-ethyl adjacent to an activating group) is 1. The molecule has 0 aliphatic rings. The lowest BCUT2D eigenvalue weighted by atomic mass is 10.3. The van der Waals surface area contributed by atoms with Gasteiger partial charge in [0.1, 0.15) is 5.75 Å². The molecule has 0 atom stereocenters. The first-order valence-electron chi connectivity index (χ1n) is 5.76. The SMILES string of the molecule is COc1ccc(S(=O)(=O)N(C)CCOCCCl)cc1. The van der Waals surface area contributed by atoms with Gasteiger partial charge in [0.05, 0.1) is 25.2 Å². The Morgan fingerprint density at radius 1 is 1.21 bits per heavy atom. The molecule has 0 saturated heterocycles. The van der Waals surface area contributed by atoms with Crippen LogP contribution in [0.4, 0.5) is 0 Å². The molecule has 0 aliphatic carbocycles. The summed E-state index contributed by atoms with van der Waals surface area (Å²) in [7, 11) is -0.437. The molecule has 0 amide bonds. The van der Waals surface area contributed by atoms with Gasteiger partial charge in [-0.3, -0.25) is 0 Å². The Bertz CT molecular complexity index is 475. The lowest BCUT2D eigenvalue weighted by molar-refractivity contribution is 0.140. The van der Waals surface area contributed by atoms with Crippen LogP contribution in [0.15, 0.2) is 29.2 Å². The van der Waals surface area contributed by atoms with Crippen molar-refractivity contribution < 1.29 is 17.9 Å². The topological polar surface area (TPSA) is 55.8 Å². The van der Waals surface area contributed by atoms with Gasteiger partial charge in [-0.2, -0.15) is 4.31 Å². The van der Waals surface area contributed by atoms with E-state index in [-0.39, 0.29) is 11.4 Å². The Morgan fingerprint density at radius 2 is 1.84 bits per heavy atom. The molecule has 0 unspecified atom stereocenters. The van der Waals surface area contributed by atoms with Gasteiger partial charge in [0.2, 0.25) is 10.0 Å². The zero-order chi connectivity index (χ0) is 14.3. The Hall–Kier alpha value is -0.820. The third-order valence-corrected chi connectivity index (χ3v) is 4.57. The number of benzene rings is 1. The largest absolute Gasteiger partial charge is 0.497 e. The highest BCUT2D eigenvalue weighted by Gasteiger charge is 2.20. The molecule has 0 N–H and O–H groups in total. The fraction of sp³-hybridized carbons (Fsp3) is 0.500. The van der Waals surface area contributed by atoms with Gasteiger partial charge >= 0.3 is 0 Å². The number of hydrogen-bond acceptors (Lipinski definition) is 4. The molecular formula is C12H18ClNO4S.